The highest BCUT2D eigenvalue weighted by atomic mass is 35.5. The predicted octanol–water partition coefficient (Wildman–Crippen LogP) is 1.17. The summed E-state index contributed by atoms with van der Waals surface area (Å²) in [5, 5.41) is 2.87. The van der Waals surface area contributed by atoms with Gasteiger partial charge in [0.05, 0.1) is 13.2 Å². The van der Waals surface area contributed by atoms with Crippen LogP contribution in [0.25, 0.3) is 0 Å². The summed E-state index contributed by atoms with van der Waals surface area (Å²) < 4.78 is 9.83. The van der Waals surface area contributed by atoms with Gasteiger partial charge in [-0.25, -0.2) is 0 Å². The number of methoxy groups -OCH3 is 1. The van der Waals surface area contributed by atoms with Crippen LogP contribution in [-0.4, -0.2) is 44.8 Å². The van der Waals surface area contributed by atoms with E-state index in [-0.39, 0.29) is 17.9 Å². The minimum absolute atomic E-state index is 0.0858. The third kappa shape index (κ3) is 9.97. The van der Waals surface area contributed by atoms with Crippen molar-refractivity contribution in [1.82, 2.24) is 5.32 Å². The maximum Gasteiger partial charge on any atom is 0.246 e. The third-order valence-corrected chi connectivity index (χ3v) is 2.41. The molecule has 0 aliphatic heterocycles. The highest BCUT2D eigenvalue weighted by Crippen LogP contribution is 2.04. The summed E-state index contributed by atoms with van der Waals surface area (Å²) in [5.74, 6) is -0.105. The molecule has 4 nitrogen and oxygen atoms in total. The minimum atomic E-state index is -0.105. The lowest BCUT2D eigenvalue weighted by Crippen LogP contribution is -2.30. The van der Waals surface area contributed by atoms with Crippen molar-refractivity contribution in [3.8, 4) is 0 Å². The Bertz CT molecular complexity index is 167. The van der Waals surface area contributed by atoms with Gasteiger partial charge in [0.15, 0.2) is 0 Å². The van der Waals surface area contributed by atoms with Crippen molar-refractivity contribution in [3.63, 3.8) is 0 Å². The van der Waals surface area contributed by atoms with Crippen molar-refractivity contribution in [2.45, 2.75) is 25.1 Å². The van der Waals surface area contributed by atoms with Gasteiger partial charge in [-0.1, -0.05) is 6.92 Å². The molecule has 0 heterocycles. The molecule has 0 spiro atoms. The number of amides is 1. The second kappa shape index (κ2) is 10.2. The number of halogens is 1. The van der Waals surface area contributed by atoms with Crippen molar-refractivity contribution in [3.05, 3.63) is 0 Å². The molecule has 5 heteroatoms. The number of hydrogen-bond acceptors (Lipinski definition) is 3. The van der Waals surface area contributed by atoms with E-state index in [0.717, 1.165) is 12.8 Å². The summed E-state index contributed by atoms with van der Waals surface area (Å²) in [6.07, 6.45) is 1.71. The molecule has 1 unspecified atom stereocenters. The van der Waals surface area contributed by atoms with Gasteiger partial charge in [-0.05, 0) is 12.8 Å². The zero-order valence-electron chi connectivity index (χ0n) is 9.42. The van der Waals surface area contributed by atoms with Crippen molar-refractivity contribution in [2.75, 3.05) is 33.5 Å². The molecule has 1 amide bonds. The molecule has 0 radical (unpaired) electrons. The van der Waals surface area contributed by atoms with Gasteiger partial charge in [0.2, 0.25) is 5.91 Å². The van der Waals surface area contributed by atoms with E-state index in [1.807, 2.05) is 6.92 Å². The number of alkyl halides is 1. The summed E-state index contributed by atoms with van der Waals surface area (Å²) >= 11 is 5.90. The van der Waals surface area contributed by atoms with E-state index >= 15 is 0 Å². The third-order valence-electron chi connectivity index (χ3n) is 1.89. The van der Waals surface area contributed by atoms with E-state index in [4.69, 9.17) is 21.1 Å². The predicted molar refractivity (Wildman–Crippen MR) is 60.3 cm³/mol. The Morgan fingerprint density at radius 2 is 2.20 bits per heavy atom. The number of ether oxygens (including phenoxy) is 2. The topological polar surface area (TPSA) is 47.6 Å². The zero-order chi connectivity index (χ0) is 11.5. The van der Waals surface area contributed by atoms with E-state index in [1.165, 1.54) is 0 Å². The molecule has 0 saturated carbocycles. The van der Waals surface area contributed by atoms with Gasteiger partial charge >= 0.3 is 0 Å². The first kappa shape index (κ1) is 14.7. The van der Waals surface area contributed by atoms with Crippen LogP contribution in [0, 0.1) is 0 Å². The fraction of sp³-hybridized carbons (Fsp3) is 0.900. The Morgan fingerprint density at radius 1 is 1.47 bits per heavy atom. The van der Waals surface area contributed by atoms with Gasteiger partial charge in [0.1, 0.15) is 6.61 Å². The Labute approximate surface area is 96.3 Å². The Balaban J connectivity index is 3.26. The van der Waals surface area contributed by atoms with Gasteiger partial charge in [-0.15, -0.1) is 11.6 Å². The standard InChI is InChI=1S/C10H20ClNO3/c1-3-9(11)4-5-12-10(13)8-15-7-6-14-2/h9H,3-8H2,1-2H3,(H,12,13). The number of rotatable bonds is 9. The quantitative estimate of drug-likeness (QED) is 0.484. The molecule has 90 valence electrons. The molecule has 0 rings (SSSR count). The smallest absolute Gasteiger partial charge is 0.246 e. The molecule has 0 aromatic carbocycles. The Morgan fingerprint density at radius 3 is 2.80 bits per heavy atom. The average Bonchev–Trinajstić information content (AvgIpc) is 2.24. The number of nitrogens with one attached hydrogen (secondary N) is 1. The van der Waals surface area contributed by atoms with Crippen LogP contribution in [0.4, 0.5) is 0 Å². The first-order valence-corrected chi connectivity index (χ1v) is 5.61. The van der Waals surface area contributed by atoms with Gasteiger partial charge in [0.25, 0.3) is 0 Å². The second-order valence-corrected chi connectivity index (χ2v) is 3.81. The van der Waals surface area contributed by atoms with Gasteiger partial charge in [-0.2, -0.15) is 0 Å². The van der Waals surface area contributed by atoms with Crippen molar-refractivity contribution >= 4 is 17.5 Å². The van der Waals surface area contributed by atoms with Crippen LogP contribution in [0.15, 0.2) is 0 Å². The van der Waals surface area contributed by atoms with E-state index in [2.05, 4.69) is 5.32 Å². The SMILES string of the molecule is CCC(Cl)CCNC(=O)COCCOC. The van der Waals surface area contributed by atoms with Crippen LogP contribution in [0.2, 0.25) is 0 Å². The highest BCUT2D eigenvalue weighted by molar-refractivity contribution is 6.20. The molecule has 1 N–H and O–H groups in total. The lowest BCUT2D eigenvalue weighted by atomic mass is 10.2. The van der Waals surface area contributed by atoms with E-state index < -0.39 is 0 Å². The van der Waals surface area contributed by atoms with Gasteiger partial charge in [0, 0.05) is 19.0 Å². The number of hydrogen-bond donors (Lipinski definition) is 1. The zero-order valence-corrected chi connectivity index (χ0v) is 10.2. The molecule has 0 aliphatic carbocycles. The molecule has 0 aromatic rings. The molecule has 0 aliphatic rings. The molecule has 15 heavy (non-hydrogen) atoms. The normalized spacial score (nSPS) is 12.5. The average molecular weight is 238 g/mol. The number of carbonyl (C=O) groups is 1. The molecular formula is C10H20ClNO3. The summed E-state index contributed by atoms with van der Waals surface area (Å²) in [7, 11) is 1.59. The van der Waals surface area contributed by atoms with Crippen LogP contribution >= 0.6 is 11.6 Å². The molecule has 0 aromatic heterocycles. The first-order valence-electron chi connectivity index (χ1n) is 5.18. The van der Waals surface area contributed by atoms with Crippen molar-refractivity contribution in [1.29, 1.82) is 0 Å². The van der Waals surface area contributed by atoms with Crippen LogP contribution in [0.3, 0.4) is 0 Å². The molecule has 0 fully saturated rings. The van der Waals surface area contributed by atoms with Crippen LogP contribution < -0.4 is 5.32 Å². The lowest BCUT2D eigenvalue weighted by Gasteiger charge is -2.08. The van der Waals surface area contributed by atoms with E-state index in [9.17, 15) is 4.79 Å². The summed E-state index contributed by atoms with van der Waals surface area (Å²) in [5.41, 5.74) is 0. The van der Waals surface area contributed by atoms with Crippen LogP contribution in [0.5, 0.6) is 0 Å². The number of carbonyl (C=O) groups excluding carboxylic acids is 1. The molecular weight excluding hydrogens is 218 g/mol. The molecule has 1 atom stereocenters. The van der Waals surface area contributed by atoms with E-state index in [1.54, 1.807) is 7.11 Å². The maximum absolute atomic E-state index is 11.2. The Kier molecular flexibility index (Phi) is 9.99. The molecule has 0 saturated heterocycles. The lowest BCUT2D eigenvalue weighted by molar-refractivity contribution is -0.126. The van der Waals surface area contributed by atoms with E-state index in [0.29, 0.717) is 19.8 Å². The van der Waals surface area contributed by atoms with Gasteiger partial charge < -0.3 is 14.8 Å². The summed E-state index contributed by atoms with van der Waals surface area (Å²) in [6.45, 7) is 3.66. The minimum Gasteiger partial charge on any atom is -0.382 e. The summed E-state index contributed by atoms with van der Waals surface area (Å²) in [6, 6.07) is 0. The van der Waals surface area contributed by atoms with Crippen molar-refractivity contribution < 1.29 is 14.3 Å². The van der Waals surface area contributed by atoms with Crippen LogP contribution in [-0.2, 0) is 14.3 Å². The largest absolute Gasteiger partial charge is 0.382 e. The maximum atomic E-state index is 11.2. The first-order chi connectivity index (χ1) is 7.20. The second-order valence-electron chi connectivity index (χ2n) is 3.19. The molecule has 0 bridgehead atoms. The fourth-order valence-electron chi connectivity index (χ4n) is 0.930. The van der Waals surface area contributed by atoms with Crippen molar-refractivity contribution in [2.24, 2.45) is 0 Å². The fourth-order valence-corrected chi connectivity index (χ4v) is 1.04. The summed E-state index contributed by atoms with van der Waals surface area (Å²) in [4.78, 5) is 11.2. The Hall–Kier alpha value is -0.320. The van der Waals surface area contributed by atoms with Crippen LogP contribution in [0.1, 0.15) is 19.8 Å². The highest BCUT2D eigenvalue weighted by Gasteiger charge is 2.03. The van der Waals surface area contributed by atoms with Gasteiger partial charge in [-0.3, -0.25) is 4.79 Å². The monoisotopic (exact) mass is 237 g/mol.